The minimum atomic E-state index is -0.923. The molecule has 20 heavy (non-hydrogen) atoms. The number of ether oxygens (including phenoxy) is 1. The highest BCUT2D eigenvalue weighted by Crippen LogP contribution is 2.25. The molecule has 0 saturated carbocycles. The Morgan fingerprint density at radius 1 is 1.35 bits per heavy atom. The van der Waals surface area contributed by atoms with Crippen molar-refractivity contribution in [2.45, 2.75) is 26.2 Å². The van der Waals surface area contributed by atoms with Gasteiger partial charge in [-0.3, -0.25) is 4.79 Å². The largest absolute Gasteiger partial charge is 0.465 e. The van der Waals surface area contributed by atoms with Crippen LogP contribution in [0.2, 0.25) is 0 Å². The zero-order valence-corrected chi connectivity index (χ0v) is 12.5. The summed E-state index contributed by atoms with van der Waals surface area (Å²) in [6.07, 6.45) is 0. The summed E-state index contributed by atoms with van der Waals surface area (Å²) >= 11 is 0. The maximum Gasteiger partial charge on any atom is 0.321 e. The zero-order chi connectivity index (χ0) is 14.8. The number of carbonyl (C=O) groups excluding carboxylic acids is 1. The molecule has 0 atom stereocenters. The monoisotopic (exact) mass is 282 g/mol. The number of piperazine rings is 1. The number of aromatic nitrogens is 2. The van der Waals surface area contributed by atoms with E-state index in [0.29, 0.717) is 18.4 Å². The van der Waals surface area contributed by atoms with Gasteiger partial charge in [0.1, 0.15) is 5.41 Å². The van der Waals surface area contributed by atoms with Crippen molar-refractivity contribution >= 4 is 11.9 Å². The average molecular weight is 282 g/mol. The lowest BCUT2D eigenvalue weighted by Gasteiger charge is -2.31. The number of likely N-dealkylation sites (N-methyl/N-ethyl adjacent to an activating group) is 1. The molecule has 2 heterocycles. The van der Waals surface area contributed by atoms with E-state index in [1.54, 1.807) is 20.8 Å². The van der Waals surface area contributed by atoms with Crippen molar-refractivity contribution in [3.05, 3.63) is 5.89 Å². The fraction of sp³-hybridized carbons (Fsp3) is 0.769. The van der Waals surface area contributed by atoms with Gasteiger partial charge >= 0.3 is 5.97 Å². The molecule has 0 aliphatic carbocycles. The molecule has 0 amide bonds. The molecule has 1 saturated heterocycles. The molecular weight excluding hydrogens is 260 g/mol. The van der Waals surface area contributed by atoms with E-state index in [1.807, 2.05) is 0 Å². The van der Waals surface area contributed by atoms with Gasteiger partial charge in [-0.15, -0.1) is 0 Å². The number of rotatable bonds is 4. The first-order valence-electron chi connectivity index (χ1n) is 6.90. The molecule has 0 spiro atoms. The molecule has 7 nitrogen and oxygen atoms in total. The summed E-state index contributed by atoms with van der Waals surface area (Å²) in [6.45, 7) is 9.21. The minimum Gasteiger partial charge on any atom is -0.465 e. The van der Waals surface area contributed by atoms with Gasteiger partial charge in [-0.1, -0.05) is 0 Å². The Kier molecular flexibility index (Phi) is 4.27. The Hall–Kier alpha value is -1.63. The predicted molar refractivity (Wildman–Crippen MR) is 73.7 cm³/mol. The maximum absolute atomic E-state index is 11.9. The molecule has 0 unspecified atom stereocenters. The second kappa shape index (κ2) is 5.78. The molecule has 1 aliphatic heterocycles. The Morgan fingerprint density at radius 3 is 2.60 bits per heavy atom. The van der Waals surface area contributed by atoms with E-state index in [4.69, 9.17) is 9.26 Å². The minimum absolute atomic E-state index is 0.296. The van der Waals surface area contributed by atoms with Crippen molar-refractivity contribution in [2.24, 2.45) is 0 Å². The van der Waals surface area contributed by atoms with Gasteiger partial charge < -0.3 is 19.1 Å². The molecule has 0 aromatic carbocycles. The lowest BCUT2D eigenvalue weighted by molar-refractivity contribution is -0.149. The topological polar surface area (TPSA) is 71.7 Å². The normalized spacial score (nSPS) is 17.3. The van der Waals surface area contributed by atoms with Crippen LogP contribution in [0.25, 0.3) is 0 Å². The number of hydrogen-bond donors (Lipinski definition) is 0. The Bertz CT molecular complexity index is 464. The average Bonchev–Trinajstić information content (AvgIpc) is 2.90. The molecular formula is C13H22N4O3. The van der Waals surface area contributed by atoms with E-state index in [0.717, 1.165) is 26.2 Å². The first-order valence-corrected chi connectivity index (χ1v) is 6.90. The molecule has 2 rings (SSSR count). The standard InChI is InChI=1S/C13H22N4O3/c1-5-19-11(18)13(2,3)10-14-12(15-20-10)17-8-6-16(4)7-9-17/h5-9H2,1-4H3. The van der Waals surface area contributed by atoms with Gasteiger partial charge in [0, 0.05) is 26.2 Å². The molecule has 1 aromatic rings. The van der Waals surface area contributed by atoms with Crippen LogP contribution in [0.15, 0.2) is 4.52 Å². The van der Waals surface area contributed by atoms with Crippen LogP contribution in [0.3, 0.4) is 0 Å². The van der Waals surface area contributed by atoms with Crippen molar-refractivity contribution in [2.75, 3.05) is 44.7 Å². The lowest BCUT2D eigenvalue weighted by Crippen LogP contribution is -2.45. The molecule has 1 aliphatic rings. The summed E-state index contributed by atoms with van der Waals surface area (Å²) < 4.78 is 10.3. The number of carbonyl (C=O) groups is 1. The van der Waals surface area contributed by atoms with Crippen molar-refractivity contribution in [1.29, 1.82) is 0 Å². The highest BCUT2D eigenvalue weighted by molar-refractivity contribution is 5.80. The van der Waals surface area contributed by atoms with Crippen molar-refractivity contribution in [3.8, 4) is 0 Å². The van der Waals surface area contributed by atoms with Gasteiger partial charge in [0.05, 0.1) is 6.61 Å². The van der Waals surface area contributed by atoms with Crippen LogP contribution in [0.5, 0.6) is 0 Å². The van der Waals surface area contributed by atoms with Crippen LogP contribution in [0.4, 0.5) is 5.95 Å². The van der Waals surface area contributed by atoms with Crippen LogP contribution in [0.1, 0.15) is 26.7 Å². The quantitative estimate of drug-likeness (QED) is 0.751. The third-order valence-corrected chi connectivity index (χ3v) is 3.52. The van der Waals surface area contributed by atoms with E-state index in [9.17, 15) is 4.79 Å². The molecule has 7 heteroatoms. The first-order chi connectivity index (χ1) is 9.45. The van der Waals surface area contributed by atoms with Gasteiger partial charge in [-0.05, 0) is 33.0 Å². The summed E-state index contributed by atoms with van der Waals surface area (Å²) in [7, 11) is 2.09. The van der Waals surface area contributed by atoms with Gasteiger partial charge in [0.15, 0.2) is 0 Å². The number of hydrogen-bond acceptors (Lipinski definition) is 7. The van der Waals surface area contributed by atoms with Crippen molar-refractivity contribution < 1.29 is 14.1 Å². The van der Waals surface area contributed by atoms with Gasteiger partial charge in [0.25, 0.3) is 5.95 Å². The summed E-state index contributed by atoms with van der Waals surface area (Å²) in [5, 5.41) is 3.99. The van der Waals surface area contributed by atoms with Crippen molar-refractivity contribution in [1.82, 2.24) is 15.0 Å². The second-order valence-electron chi connectivity index (χ2n) is 5.54. The molecule has 0 bridgehead atoms. The fourth-order valence-corrected chi connectivity index (χ4v) is 2.00. The van der Waals surface area contributed by atoms with Crippen LogP contribution in [-0.2, 0) is 14.9 Å². The van der Waals surface area contributed by atoms with Crippen LogP contribution in [-0.4, -0.2) is 60.8 Å². The van der Waals surface area contributed by atoms with Gasteiger partial charge in [0.2, 0.25) is 5.89 Å². The third-order valence-electron chi connectivity index (χ3n) is 3.52. The predicted octanol–water partition coefficient (Wildman–Crippen LogP) is 0.662. The van der Waals surface area contributed by atoms with Crippen LogP contribution in [0, 0.1) is 0 Å². The Balaban J connectivity index is 2.10. The fourth-order valence-electron chi connectivity index (χ4n) is 2.00. The second-order valence-corrected chi connectivity index (χ2v) is 5.54. The highest BCUT2D eigenvalue weighted by atomic mass is 16.5. The molecule has 0 radical (unpaired) electrons. The maximum atomic E-state index is 11.9. The van der Waals surface area contributed by atoms with Crippen molar-refractivity contribution in [3.63, 3.8) is 0 Å². The zero-order valence-electron chi connectivity index (χ0n) is 12.5. The summed E-state index contributed by atoms with van der Waals surface area (Å²) in [5.74, 6) is 0.490. The molecule has 1 fully saturated rings. The van der Waals surface area contributed by atoms with E-state index < -0.39 is 5.41 Å². The third kappa shape index (κ3) is 2.92. The van der Waals surface area contributed by atoms with Gasteiger partial charge in [-0.2, -0.15) is 4.98 Å². The molecule has 112 valence electrons. The molecule has 1 aromatic heterocycles. The van der Waals surface area contributed by atoms with E-state index in [-0.39, 0.29) is 5.97 Å². The lowest BCUT2D eigenvalue weighted by atomic mass is 9.94. The Labute approximate surface area is 118 Å². The summed E-state index contributed by atoms with van der Waals surface area (Å²) in [6, 6.07) is 0. The van der Waals surface area contributed by atoms with E-state index >= 15 is 0 Å². The number of esters is 1. The number of anilines is 1. The van der Waals surface area contributed by atoms with Gasteiger partial charge in [-0.25, -0.2) is 0 Å². The molecule has 0 N–H and O–H groups in total. The van der Waals surface area contributed by atoms with Crippen LogP contribution < -0.4 is 4.90 Å². The summed E-state index contributed by atoms with van der Waals surface area (Å²) in [5.41, 5.74) is -0.923. The van der Waals surface area contributed by atoms with E-state index in [1.165, 1.54) is 0 Å². The highest BCUT2D eigenvalue weighted by Gasteiger charge is 2.38. The Morgan fingerprint density at radius 2 is 2.00 bits per heavy atom. The van der Waals surface area contributed by atoms with E-state index in [2.05, 4.69) is 27.0 Å². The van der Waals surface area contributed by atoms with Crippen LogP contribution >= 0.6 is 0 Å². The summed E-state index contributed by atoms with van der Waals surface area (Å²) in [4.78, 5) is 20.6. The smallest absolute Gasteiger partial charge is 0.321 e. The number of nitrogens with zero attached hydrogens (tertiary/aromatic N) is 4. The first kappa shape index (κ1) is 14.8. The SMILES string of the molecule is CCOC(=O)C(C)(C)c1nc(N2CCN(C)CC2)no1.